The van der Waals surface area contributed by atoms with E-state index in [0.29, 0.717) is 5.69 Å². The van der Waals surface area contributed by atoms with Gasteiger partial charge in [0.15, 0.2) is 0 Å². The molecular weight excluding hydrogens is 202 g/mol. The molecule has 0 aliphatic carbocycles. The lowest BCUT2D eigenvalue weighted by atomic mass is 10.1. The third-order valence-corrected chi connectivity index (χ3v) is 2.43. The number of nitrogen functional groups attached to an aromatic ring is 1. The molecule has 16 heavy (non-hydrogen) atoms. The molecule has 84 valence electrons. The summed E-state index contributed by atoms with van der Waals surface area (Å²) in [6, 6.07) is 3.89. The largest absolute Gasteiger partial charge is 0.396 e. The number of nitrogens with zero attached hydrogens (tertiary/aromatic N) is 4. The normalized spacial score (nSPS) is 10.4. The molecular formula is C11H15N5. The van der Waals surface area contributed by atoms with Crippen LogP contribution in [-0.4, -0.2) is 28.9 Å². The predicted molar refractivity (Wildman–Crippen MR) is 65.2 cm³/mol. The molecule has 0 unspecified atom stereocenters. The first-order chi connectivity index (χ1) is 7.61. The molecule has 2 N–H and O–H groups in total. The zero-order valence-electron chi connectivity index (χ0n) is 9.68. The Kier molecular flexibility index (Phi) is 2.52. The van der Waals surface area contributed by atoms with E-state index in [1.807, 2.05) is 38.2 Å². The van der Waals surface area contributed by atoms with Crippen molar-refractivity contribution in [2.24, 2.45) is 7.05 Å². The van der Waals surface area contributed by atoms with Gasteiger partial charge in [-0.1, -0.05) is 0 Å². The molecule has 0 aliphatic rings. The van der Waals surface area contributed by atoms with Crippen LogP contribution in [-0.2, 0) is 7.05 Å². The summed E-state index contributed by atoms with van der Waals surface area (Å²) in [5, 5.41) is 4.14. The highest BCUT2D eigenvalue weighted by atomic mass is 15.3. The number of aromatic nitrogens is 3. The van der Waals surface area contributed by atoms with E-state index in [1.54, 1.807) is 17.1 Å². The van der Waals surface area contributed by atoms with Crippen LogP contribution >= 0.6 is 0 Å². The predicted octanol–water partition coefficient (Wildman–Crippen LogP) is 1.13. The summed E-state index contributed by atoms with van der Waals surface area (Å²) in [7, 11) is 5.79. The Morgan fingerprint density at radius 2 is 2.12 bits per heavy atom. The Balaban J connectivity index is 2.64. The van der Waals surface area contributed by atoms with E-state index in [-0.39, 0.29) is 0 Å². The van der Waals surface area contributed by atoms with Gasteiger partial charge in [0.25, 0.3) is 0 Å². The lowest BCUT2D eigenvalue weighted by Crippen LogP contribution is -2.12. The van der Waals surface area contributed by atoms with Gasteiger partial charge in [0.1, 0.15) is 5.82 Å². The molecule has 0 aromatic carbocycles. The Labute approximate surface area is 94.5 Å². The standard InChI is InChI=1S/C11H15N5/c1-15(2)11-8(5-4-6-13-11)10-9(12)7-14-16(10)3/h4-7H,12H2,1-3H3. The fourth-order valence-electron chi connectivity index (χ4n) is 1.72. The van der Waals surface area contributed by atoms with Gasteiger partial charge in [0, 0.05) is 32.9 Å². The minimum Gasteiger partial charge on any atom is -0.396 e. The van der Waals surface area contributed by atoms with E-state index in [4.69, 9.17) is 5.73 Å². The fraction of sp³-hybridized carbons (Fsp3) is 0.273. The van der Waals surface area contributed by atoms with Gasteiger partial charge in [0.05, 0.1) is 17.6 Å². The highest BCUT2D eigenvalue weighted by Gasteiger charge is 2.14. The molecule has 0 spiro atoms. The SMILES string of the molecule is CN(C)c1ncccc1-c1c(N)cnn1C. The lowest BCUT2D eigenvalue weighted by Gasteiger charge is -2.16. The van der Waals surface area contributed by atoms with Crippen molar-refractivity contribution in [2.75, 3.05) is 24.7 Å². The average Bonchev–Trinajstić information content (AvgIpc) is 2.58. The van der Waals surface area contributed by atoms with Crippen molar-refractivity contribution in [1.29, 1.82) is 0 Å². The number of rotatable bonds is 2. The van der Waals surface area contributed by atoms with E-state index in [2.05, 4.69) is 10.1 Å². The first-order valence-corrected chi connectivity index (χ1v) is 5.01. The van der Waals surface area contributed by atoms with Crippen LogP contribution in [0.5, 0.6) is 0 Å². The van der Waals surface area contributed by atoms with Crippen molar-refractivity contribution in [3.05, 3.63) is 24.5 Å². The summed E-state index contributed by atoms with van der Waals surface area (Å²) >= 11 is 0. The minimum absolute atomic E-state index is 0.665. The molecule has 2 aromatic rings. The Hall–Kier alpha value is -2.04. The van der Waals surface area contributed by atoms with Crippen LogP contribution in [0.3, 0.4) is 0 Å². The summed E-state index contributed by atoms with van der Waals surface area (Å²) in [5.41, 5.74) is 8.47. The van der Waals surface area contributed by atoms with Crippen molar-refractivity contribution in [2.45, 2.75) is 0 Å². The molecule has 2 rings (SSSR count). The van der Waals surface area contributed by atoms with Crippen molar-refractivity contribution >= 4 is 11.5 Å². The molecule has 0 bridgehead atoms. The number of hydrogen-bond acceptors (Lipinski definition) is 4. The van der Waals surface area contributed by atoms with Crippen LogP contribution in [0, 0.1) is 0 Å². The maximum absolute atomic E-state index is 5.91. The van der Waals surface area contributed by atoms with Gasteiger partial charge in [0.2, 0.25) is 0 Å². The number of pyridine rings is 1. The third kappa shape index (κ3) is 1.60. The average molecular weight is 217 g/mol. The Bertz CT molecular complexity index is 481. The third-order valence-electron chi connectivity index (χ3n) is 2.43. The molecule has 0 saturated carbocycles. The molecule has 0 amide bonds. The highest BCUT2D eigenvalue weighted by Crippen LogP contribution is 2.30. The zero-order chi connectivity index (χ0) is 11.7. The van der Waals surface area contributed by atoms with Gasteiger partial charge >= 0.3 is 0 Å². The first-order valence-electron chi connectivity index (χ1n) is 5.01. The lowest BCUT2D eigenvalue weighted by molar-refractivity contribution is 0.775. The van der Waals surface area contributed by atoms with Crippen LogP contribution < -0.4 is 10.6 Å². The van der Waals surface area contributed by atoms with Gasteiger partial charge in [-0.15, -0.1) is 0 Å². The summed E-state index contributed by atoms with van der Waals surface area (Å²) in [4.78, 5) is 6.31. The van der Waals surface area contributed by atoms with Gasteiger partial charge in [-0.25, -0.2) is 4.98 Å². The summed E-state index contributed by atoms with van der Waals surface area (Å²) < 4.78 is 1.76. The monoisotopic (exact) mass is 217 g/mol. The molecule has 5 heteroatoms. The quantitative estimate of drug-likeness (QED) is 0.819. The second-order valence-corrected chi connectivity index (χ2v) is 3.84. The molecule has 0 aliphatic heterocycles. The van der Waals surface area contributed by atoms with Gasteiger partial charge in [-0.05, 0) is 12.1 Å². The number of nitrogens with two attached hydrogens (primary N) is 1. The highest BCUT2D eigenvalue weighted by molar-refractivity contribution is 5.80. The molecule has 5 nitrogen and oxygen atoms in total. The number of anilines is 2. The fourth-order valence-corrected chi connectivity index (χ4v) is 1.72. The van der Waals surface area contributed by atoms with Crippen molar-refractivity contribution < 1.29 is 0 Å². The minimum atomic E-state index is 0.665. The molecule has 0 fully saturated rings. The molecule has 0 atom stereocenters. The maximum atomic E-state index is 5.91. The second kappa shape index (κ2) is 3.84. The van der Waals surface area contributed by atoms with E-state index in [0.717, 1.165) is 17.1 Å². The maximum Gasteiger partial charge on any atom is 0.137 e. The number of aryl methyl sites for hydroxylation is 1. The molecule has 0 radical (unpaired) electrons. The summed E-state index contributed by atoms with van der Waals surface area (Å²) in [5.74, 6) is 0.887. The van der Waals surface area contributed by atoms with E-state index in [9.17, 15) is 0 Å². The van der Waals surface area contributed by atoms with E-state index < -0.39 is 0 Å². The Morgan fingerprint density at radius 1 is 1.38 bits per heavy atom. The van der Waals surface area contributed by atoms with Crippen molar-refractivity contribution in [3.8, 4) is 11.3 Å². The van der Waals surface area contributed by atoms with Crippen LogP contribution in [0.25, 0.3) is 11.3 Å². The van der Waals surface area contributed by atoms with Gasteiger partial charge < -0.3 is 10.6 Å². The van der Waals surface area contributed by atoms with Crippen LogP contribution in [0.2, 0.25) is 0 Å². The smallest absolute Gasteiger partial charge is 0.137 e. The zero-order valence-corrected chi connectivity index (χ0v) is 9.68. The summed E-state index contributed by atoms with van der Waals surface area (Å²) in [6.45, 7) is 0. The molecule has 2 aromatic heterocycles. The number of hydrogen-bond donors (Lipinski definition) is 1. The molecule has 0 saturated heterocycles. The Morgan fingerprint density at radius 3 is 2.69 bits per heavy atom. The topological polar surface area (TPSA) is 60.0 Å². The molecule has 2 heterocycles. The second-order valence-electron chi connectivity index (χ2n) is 3.84. The van der Waals surface area contributed by atoms with Crippen molar-refractivity contribution in [1.82, 2.24) is 14.8 Å². The first kappa shape index (κ1) is 10.5. The van der Waals surface area contributed by atoms with Crippen LogP contribution in [0.4, 0.5) is 11.5 Å². The van der Waals surface area contributed by atoms with Crippen LogP contribution in [0.15, 0.2) is 24.5 Å². The summed E-state index contributed by atoms with van der Waals surface area (Å²) in [6.07, 6.45) is 3.42. The van der Waals surface area contributed by atoms with Crippen LogP contribution in [0.1, 0.15) is 0 Å². The van der Waals surface area contributed by atoms with E-state index in [1.165, 1.54) is 0 Å². The van der Waals surface area contributed by atoms with Crippen molar-refractivity contribution in [3.63, 3.8) is 0 Å². The van der Waals surface area contributed by atoms with Gasteiger partial charge in [-0.3, -0.25) is 4.68 Å². The van der Waals surface area contributed by atoms with E-state index >= 15 is 0 Å². The van der Waals surface area contributed by atoms with Gasteiger partial charge in [-0.2, -0.15) is 5.10 Å².